The molecule has 13 heavy (non-hydrogen) atoms. The Morgan fingerprint density at radius 3 is 2.54 bits per heavy atom. The van der Waals surface area contributed by atoms with Crippen molar-refractivity contribution in [3.63, 3.8) is 0 Å². The third kappa shape index (κ3) is 2.21. The summed E-state index contributed by atoms with van der Waals surface area (Å²) in [4.78, 5) is 11.0. The number of hydrogen-bond acceptors (Lipinski definition) is 2. The molecule has 0 aromatic carbocycles. The van der Waals surface area contributed by atoms with E-state index in [1.165, 1.54) is 0 Å². The maximum atomic E-state index is 11.0. The van der Waals surface area contributed by atoms with Crippen LogP contribution in [0, 0.1) is 5.41 Å². The lowest BCUT2D eigenvalue weighted by Gasteiger charge is -2.32. The monoisotopic (exact) mass is 186 g/mol. The van der Waals surface area contributed by atoms with E-state index in [4.69, 9.17) is 5.11 Å². The van der Waals surface area contributed by atoms with E-state index >= 15 is 0 Å². The second-order valence-electron chi connectivity index (χ2n) is 4.19. The van der Waals surface area contributed by atoms with Crippen LogP contribution in [-0.2, 0) is 4.79 Å². The molecule has 0 spiro atoms. The van der Waals surface area contributed by atoms with Crippen LogP contribution in [0.2, 0.25) is 0 Å². The molecule has 0 aliphatic heterocycles. The maximum Gasteiger partial charge on any atom is 0.311 e. The molecule has 1 fully saturated rings. The van der Waals surface area contributed by atoms with Gasteiger partial charge in [-0.3, -0.25) is 4.79 Å². The molecular weight excluding hydrogens is 168 g/mol. The summed E-state index contributed by atoms with van der Waals surface area (Å²) in [7, 11) is 0. The van der Waals surface area contributed by atoms with Gasteiger partial charge >= 0.3 is 5.97 Å². The Balaban J connectivity index is 2.71. The predicted octanol–water partition coefficient (Wildman–Crippen LogP) is 1.79. The maximum absolute atomic E-state index is 11.0. The third-order valence-electron chi connectivity index (χ3n) is 3.15. The average Bonchev–Trinajstić information content (AvgIpc) is 2.07. The highest BCUT2D eigenvalue weighted by molar-refractivity contribution is 5.74. The molecule has 3 nitrogen and oxygen atoms in total. The highest BCUT2D eigenvalue weighted by Gasteiger charge is 2.40. The van der Waals surface area contributed by atoms with Gasteiger partial charge in [0.25, 0.3) is 0 Å². The lowest BCUT2D eigenvalue weighted by molar-refractivity contribution is -0.156. The van der Waals surface area contributed by atoms with Gasteiger partial charge in [0.2, 0.25) is 0 Å². The van der Waals surface area contributed by atoms with Gasteiger partial charge in [-0.25, -0.2) is 0 Å². The molecule has 0 aromatic heterocycles. The Kier molecular flexibility index (Phi) is 3.31. The van der Waals surface area contributed by atoms with E-state index in [1.54, 1.807) is 6.92 Å². The lowest BCUT2D eigenvalue weighted by atomic mass is 9.76. The molecule has 2 atom stereocenters. The van der Waals surface area contributed by atoms with Crippen LogP contribution in [0.25, 0.3) is 0 Å². The van der Waals surface area contributed by atoms with Gasteiger partial charge < -0.3 is 10.2 Å². The molecule has 2 N–H and O–H groups in total. The first-order valence-corrected chi connectivity index (χ1v) is 4.99. The Labute approximate surface area is 78.8 Å². The van der Waals surface area contributed by atoms with Crippen molar-refractivity contribution in [2.24, 2.45) is 5.41 Å². The van der Waals surface area contributed by atoms with Gasteiger partial charge in [-0.1, -0.05) is 25.7 Å². The van der Waals surface area contributed by atoms with Gasteiger partial charge in [-0.2, -0.15) is 0 Å². The van der Waals surface area contributed by atoms with Crippen molar-refractivity contribution in [1.82, 2.24) is 0 Å². The molecule has 0 aromatic rings. The molecule has 2 unspecified atom stereocenters. The Bertz CT molecular complexity index is 191. The molecule has 0 amide bonds. The van der Waals surface area contributed by atoms with Crippen molar-refractivity contribution in [3.05, 3.63) is 0 Å². The molecule has 0 radical (unpaired) electrons. The highest BCUT2D eigenvalue weighted by Crippen LogP contribution is 2.34. The minimum atomic E-state index is -0.916. The van der Waals surface area contributed by atoms with Crippen molar-refractivity contribution < 1.29 is 15.0 Å². The number of carbonyl (C=O) groups is 1. The van der Waals surface area contributed by atoms with Crippen molar-refractivity contribution in [2.75, 3.05) is 0 Å². The second kappa shape index (κ2) is 4.09. The van der Waals surface area contributed by atoms with E-state index in [1.807, 2.05) is 0 Å². The van der Waals surface area contributed by atoms with Gasteiger partial charge in [0.05, 0.1) is 11.5 Å². The summed E-state index contributed by atoms with van der Waals surface area (Å²) >= 11 is 0. The largest absolute Gasteiger partial charge is 0.481 e. The fraction of sp³-hybridized carbons (Fsp3) is 0.900. The van der Waals surface area contributed by atoms with Crippen molar-refractivity contribution in [3.8, 4) is 0 Å². The summed E-state index contributed by atoms with van der Waals surface area (Å²) in [6, 6.07) is 0. The van der Waals surface area contributed by atoms with Crippen molar-refractivity contribution in [2.45, 2.75) is 51.6 Å². The molecule has 1 rings (SSSR count). The van der Waals surface area contributed by atoms with E-state index < -0.39 is 17.5 Å². The summed E-state index contributed by atoms with van der Waals surface area (Å²) in [5.74, 6) is -0.859. The van der Waals surface area contributed by atoms with Crippen LogP contribution in [0.4, 0.5) is 0 Å². The predicted molar refractivity (Wildman–Crippen MR) is 49.5 cm³/mol. The average molecular weight is 186 g/mol. The highest BCUT2D eigenvalue weighted by atomic mass is 16.4. The van der Waals surface area contributed by atoms with Crippen LogP contribution in [0.15, 0.2) is 0 Å². The molecule has 1 aliphatic carbocycles. The van der Waals surface area contributed by atoms with Crippen LogP contribution >= 0.6 is 0 Å². The van der Waals surface area contributed by atoms with E-state index in [0.717, 1.165) is 25.7 Å². The molecule has 0 saturated heterocycles. The molecular formula is C10H18O3. The van der Waals surface area contributed by atoms with E-state index in [2.05, 4.69) is 0 Å². The lowest BCUT2D eigenvalue weighted by Crippen LogP contribution is -2.40. The summed E-state index contributed by atoms with van der Waals surface area (Å²) in [6.07, 6.45) is 4.63. The van der Waals surface area contributed by atoms with Crippen LogP contribution in [0.5, 0.6) is 0 Å². The number of carboxylic acid groups (broad SMARTS) is 1. The first-order valence-electron chi connectivity index (χ1n) is 4.99. The zero-order valence-corrected chi connectivity index (χ0v) is 8.12. The number of aliphatic hydroxyl groups excluding tert-OH is 1. The quantitative estimate of drug-likeness (QED) is 0.656. The van der Waals surface area contributed by atoms with Crippen LogP contribution in [0.1, 0.15) is 45.4 Å². The Morgan fingerprint density at radius 1 is 1.31 bits per heavy atom. The summed E-state index contributed by atoms with van der Waals surface area (Å²) in [6.45, 7) is 1.66. The molecule has 0 bridgehead atoms. The van der Waals surface area contributed by atoms with E-state index in [-0.39, 0.29) is 0 Å². The summed E-state index contributed by atoms with van der Waals surface area (Å²) < 4.78 is 0. The number of carboxylic acids is 1. The minimum Gasteiger partial charge on any atom is -0.481 e. The van der Waals surface area contributed by atoms with Crippen molar-refractivity contribution in [1.29, 1.82) is 0 Å². The topological polar surface area (TPSA) is 57.5 Å². The first-order chi connectivity index (χ1) is 6.07. The summed E-state index contributed by atoms with van der Waals surface area (Å²) in [5, 5.41) is 18.7. The van der Waals surface area contributed by atoms with E-state index in [9.17, 15) is 9.90 Å². The standard InChI is InChI=1S/C10H18O3/c1-10(9(12)13)7-5-3-2-4-6-8(10)11/h8,11H,2-7H2,1H3,(H,12,13). The zero-order chi connectivity index (χ0) is 9.90. The van der Waals surface area contributed by atoms with E-state index in [0.29, 0.717) is 12.8 Å². The Hall–Kier alpha value is -0.570. The third-order valence-corrected chi connectivity index (χ3v) is 3.15. The van der Waals surface area contributed by atoms with Gasteiger partial charge in [-0.05, 0) is 19.8 Å². The van der Waals surface area contributed by atoms with Crippen molar-refractivity contribution >= 4 is 5.97 Å². The first kappa shape index (κ1) is 10.5. The van der Waals surface area contributed by atoms with Gasteiger partial charge in [-0.15, -0.1) is 0 Å². The van der Waals surface area contributed by atoms with Crippen LogP contribution in [-0.4, -0.2) is 22.3 Å². The molecule has 1 aliphatic rings. The van der Waals surface area contributed by atoms with Crippen LogP contribution in [0.3, 0.4) is 0 Å². The number of aliphatic carboxylic acids is 1. The smallest absolute Gasteiger partial charge is 0.311 e. The fourth-order valence-corrected chi connectivity index (χ4v) is 1.92. The van der Waals surface area contributed by atoms with Gasteiger partial charge in [0, 0.05) is 0 Å². The van der Waals surface area contributed by atoms with Gasteiger partial charge in [0.1, 0.15) is 0 Å². The molecule has 0 heterocycles. The molecule has 76 valence electrons. The number of hydrogen-bond donors (Lipinski definition) is 2. The fourth-order valence-electron chi connectivity index (χ4n) is 1.92. The van der Waals surface area contributed by atoms with Gasteiger partial charge in [0.15, 0.2) is 0 Å². The summed E-state index contributed by atoms with van der Waals surface area (Å²) in [5.41, 5.74) is -0.916. The number of rotatable bonds is 1. The minimum absolute atomic E-state index is 0.601. The zero-order valence-electron chi connectivity index (χ0n) is 8.12. The Morgan fingerprint density at radius 2 is 1.92 bits per heavy atom. The van der Waals surface area contributed by atoms with Crippen LogP contribution < -0.4 is 0 Å². The molecule has 3 heteroatoms. The molecule has 1 saturated carbocycles. The number of aliphatic hydroxyl groups is 1. The normalized spacial score (nSPS) is 36.3. The SMILES string of the molecule is CC1(C(=O)O)CCCCCCC1O. The second-order valence-corrected chi connectivity index (χ2v) is 4.19.